The zero-order valence-corrected chi connectivity index (χ0v) is 11.3. The van der Waals surface area contributed by atoms with E-state index in [-0.39, 0.29) is 23.5 Å². The third-order valence-corrected chi connectivity index (χ3v) is 4.04. The summed E-state index contributed by atoms with van der Waals surface area (Å²) < 4.78 is 5.15. The molecule has 5 nitrogen and oxygen atoms in total. The molecule has 2 atom stereocenters. The van der Waals surface area contributed by atoms with Crippen LogP contribution in [0.5, 0.6) is 0 Å². The van der Waals surface area contributed by atoms with E-state index in [0.717, 1.165) is 32.5 Å². The molecule has 1 saturated carbocycles. The van der Waals surface area contributed by atoms with Crippen LogP contribution in [0.1, 0.15) is 26.2 Å². The van der Waals surface area contributed by atoms with Gasteiger partial charge in [0.05, 0.1) is 19.3 Å². The fraction of sp³-hybridized carbons (Fsp3) is 0.923. The molecule has 1 aliphatic heterocycles. The van der Waals surface area contributed by atoms with Gasteiger partial charge < -0.3 is 20.1 Å². The van der Waals surface area contributed by atoms with Gasteiger partial charge in [0.15, 0.2) is 0 Å². The Kier molecular flexibility index (Phi) is 4.12. The van der Waals surface area contributed by atoms with Crippen molar-refractivity contribution in [2.24, 2.45) is 11.3 Å². The van der Waals surface area contributed by atoms with Gasteiger partial charge in [-0.1, -0.05) is 13.3 Å². The summed E-state index contributed by atoms with van der Waals surface area (Å²) >= 11 is 0. The van der Waals surface area contributed by atoms with Crippen molar-refractivity contribution in [3.8, 4) is 0 Å². The third-order valence-electron chi connectivity index (χ3n) is 4.04. The van der Waals surface area contributed by atoms with E-state index in [9.17, 15) is 9.90 Å². The molecule has 0 aromatic carbocycles. The van der Waals surface area contributed by atoms with Crippen LogP contribution in [-0.4, -0.2) is 55.5 Å². The zero-order chi connectivity index (χ0) is 13.2. The van der Waals surface area contributed by atoms with Crippen LogP contribution < -0.4 is 5.32 Å². The number of aliphatic hydroxyl groups excluding tert-OH is 1. The van der Waals surface area contributed by atoms with Gasteiger partial charge >= 0.3 is 6.03 Å². The maximum absolute atomic E-state index is 11.9. The molecule has 2 amide bonds. The maximum Gasteiger partial charge on any atom is 0.317 e. The molecule has 0 aromatic heterocycles. The number of aliphatic hydroxyl groups is 1. The zero-order valence-electron chi connectivity index (χ0n) is 11.3. The highest BCUT2D eigenvalue weighted by molar-refractivity contribution is 5.73. The topological polar surface area (TPSA) is 61.8 Å². The van der Waals surface area contributed by atoms with Crippen LogP contribution in [0.2, 0.25) is 0 Å². The normalized spacial score (nSPS) is 29.7. The minimum atomic E-state index is -0.238. The first kappa shape index (κ1) is 13.6. The van der Waals surface area contributed by atoms with Gasteiger partial charge in [-0.05, 0) is 12.8 Å². The highest BCUT2D eigenvalue weighted by Crippen LogP contribution is 2.26. The molecule has 2 rings (SSSR count). The van der Waals surface area contributed by atoms with Gasteiger partial charge in [-0.25, -0.2) is 4.79 Å². The molecule has 2 N–H and O–H groups in total. The van der Waals surface area contributed by atoms with Gasteiger partial charge in [0.25, 0.3) is 0 Å². The minimum absolute atomic E-state index is 0.0535. The van der Waals surface area contributed by atoms with Crippen molar-refractivity contribution in [1.82, 2.24) is 10.2 Å². The number of amides is 2. The van der Waals surface area contributed by atoms with Gasteiger partial charge in [0.2, 0.25) is 0 Å². The Morgan fingerprint density at radius 3 is 2.72 bits per heavy atom. The largest absolute Gasteiger partial charge is 0.393 e. The number of carbonyl (C=O) groups excluding carboxylic acids is 1. The summed E-state index contributed by atoms with van der Waals surface area (Å²) in [5, 5.41) is 12.7. The molecule has 1 aliphatic carbocycles. The number of nitrogens with zero attached hydrogens (tertiary/aromatic N) is 1. The molecule has 104 valence electrons. The Hall–Kier alpha value is -0.810. The number of nitrogens with one attached hydrogen (secondary N) is 1. The third kappa shape index (κ3) is 3.14. The fourth-order valence-corrected chi connectivity index (χ4v) is 2.64. The molecule has 18 heavy (non-hydrogen) atoms. The Balaban J connectivity index is 1.71. The summed E-state index contributed by atoms with van der Waals surface area (Å²) in [6.45, 7) is 4.85. The summed E-state index contributed by atoms with van der Waals surface area (Å²) in [4.78, 5) is 13.6. The van der Waals surface area contributed by atoms with Crippen LogP contribution in [-0.2, 0) is 4.74 Å². The molecule has 0 bridgehead atoms. The van der Waals surface area contributed by atoms with Crippen LogP contribution in [0.4, 0.5) is 4.79 Å². The van der Waals surface area contributed by atoms with Crippen molar-refractivity contribution in [3.05, 3.63) is 0 Å². The van der Waals surface area contributed by atoms with Gasteiger partial charge in [0.1, 0.15) is 0 Å². The van der Waals surface area contributed by atoms with Gasteiger partial charge in [-0.2, -0.15) is 0 Å². The van der Waals surface area contributed by atoms with E-state index in [0.29, 0.717) is 13.1 Å². The van der Waals surface area contributed by atoms with E-state index in [1.54, 1.807) is 11.9 Å². The lowest BCUT2D eigenvalue weighted by Gasteiger charge is -2.38. The molecule has 0 radical (unpaired) electrons. The minimum Gasteiger partial charge on any atom is -0.393 e. The summed E-state index contributed by atoms with van der Waals surface area (Å²) in [6, 6.07) is -0.0535. The number of hydrogen-bond donors (Lipinski definition) is 2. The SMILES string of the molecule is CN(CC1CCCC1O)C(=O)NCC1(C)COC1. The first-order chi connectivity index (χ1) is 8.50. The molecule has 2 unspecified atom stereocenters. The molecular weight excluding hydrogens is 232 g/mol. The van der Waals surface area contributed by atoms with E-state index >= 15 is 0 Å². The standard InChI is InChI=1S/C13H24N2O3/c1-13(8-18-9-13)7-14-12(17)15(2)6-10-4-3-5-11(10)16/h10-11,16H,3-9H2,1-2H3,(H,14,17). The lowest BCUT2D eigenvalue weighted by atomic mass is 9.89. The first-order valence-electron chi connectivity index (χ1n) is 6.75. The van der Waals surface area contributed by atoms with Crippen molar-refractivity contribution in [1.29, 1.82) is 0 Å². The number of urea groups is 1. The van der Waals surface area contributed by atoms with Crippen LogP contribution in [0.25, 0.3) is 0 Å². The quantitative estimate of drug-likeness (QED) is 0.783. The van der Waals surface area contributed by atoms with Crippen molar-refractivity contribution < 1.29 is 14.6 Å². The average Bonchev–Trinajstić information content (AvgIpc) is 2.69. The molecule has 0 spiro atoms. The molecular formula is C13H24N2O3. The van der Waals surface area contributed by atoms with Gasteiger partial charge in [0, 0.05) is 31.5 Å². The molecule has 2 aliphatic rings. The van der Waals surface area contributed by atoms with Crippen molar-refractivity contribution in [2.45, 2.75) is 32.3 Å². The van der Waals surface area contributed by atoms with Gasteiger partial charge in [-0.3, -0.25) is 0 Å². The van der Waals surface area contributed by atoms with E-state index in [4.69, 9.17) is 4.74 Å². The Morgan fingerprint density at radius 1 is 1.50 bits per heavy atom. The van der Waals surface area contributed by atoms with E-state index in [1.165, 1.54) is 0 Å². The second-order valence-electron chi connectivity index (χ2n) is 6.10. The lowest BCUT2D eigenvalue weighted by molar-refractivity contribution is -0.0978. The Bertz CT molecular complexity index is 305. The fourth-order valence-electron chi connectivity index (χ4n) is 2.64. The number of rotatable bonds is 4. The van der Waals surface area contributed by atoms with Crippen LogP contribution in [0, 0.1) is 11.3 Å². The highest BCUT2D eigenvalue weighted by atomic mass is 16.5. The number of carbonyl (C=O) groups is 1. The number of ether oxygens (including phenoxy) is 1. The average molecular weight is 256 g/mol. The maximum atomic E-state index is 11.9. The molecule has 1 saturated heterocycles. The Morgan fingerprint density at radius 2 is 2.22 bits per heavy atom. The van der Waals surface area contributed by atoms with Crippen LogP contribution >= 0.6 is 0 Å². The predicted molar refractivity (Wildman–Crippen MR) is 68.3 cm³/mol. The summed E-state index contributed by atoms with van der Waals surface area (Å²) in [5.74, 6) is 0.239. The monoisotopic (exact) mass is 256 g/mol. The van der Waals surface area contributed by atoms with Crippen LogP contribution in [0.15, 0.2) is 0 Å². The van der Waals surface area contributed by atoms with E-state index in [1.807, 2.05) is 0 Å². The second-order valence-corrected chi connectivity index (χ2v) is 6.10. The van der Waals surface area contributed by atoms with Gasteiger partial charge in [-0.15, -0.1) is 0 Å². The summed E-state index contributed by atoms with van der Waals surface area (Å²) in [5.41, 5.74) is 0.101. The lowest BCUT2D eigenvalue weighted by Crippen LogP contribution is -2.51. The predicted octanol–water partition coefficient (Wildman–Crippen LogP) is 0.825. The number of hydrogen-bond acceptors (Lipinski definition) is 3. The molecule has 1 heterocycles. The van der Waals surface area contributed by atoms with E-state index < -0.39 is 0 Å². The second kappa shape index (κ2) is 5.45. The van der Waals surface area contributed by atoms with Crippen molar-refractivity contribution in [3.63, 3.8) is 0 Å². The molecule has 0 aromatic rings. The van der Waals surface area contributed by atoms with Crippen molar-refractivity contribution >= 4 is 6.03 Å². The van der Waals surface area contributed by atoms with E-state index in [2.05, 4.69) is 12.2 Å². The summed E-state index contributed by atoms with van der Waals surface area (Å²) in [6.07, 6.45) is 2.72. The smallest absolute Gasteiger partial charge is 0.317 e. The first-order valence-corrected chi connectivity index (χ1v) is 6.75. The highest BCUT2D eigenvalue weighted by Gasteiger charge is 2.34. The van der Waals surface area contributed by atoms with Crippen molar-refractivity contribution in [2.75, 3.05) is 33.4 Å². The summed E-state index contributed by atoms with van der Waals surface area (Å²) in [7, 11) is 1.79. The Labute approximate surface area is 108 Å². The van der Waals surface area contributed by atoms with Crippen LogP contribution in [0.3, 0.4) is 0 Å². The molecule has 2 fully saturated rings. The molecule has 5 heteroatoms.